The molecule has 2 aliphatic heterocycles. The third-order valence-corrected chi connectivity index (χ3v) is 4.69. The van der Waals surface area contributed by atoms with Crippen LogP contribution in [0.15, 0.2) is 4.99 Å². The number of hydrogen-bond donors (Lipinski definition) is 2. The number of likely N-dealkylation sites (N-methyl/N-ethyl adjacent to an activating group) is 1. The topological polar surface area (TPSA) is 75.2 Å². The number of nitrogens with one attached hydrogen (secondary N) is 2. The quantitative estimate of drug-likeness (QED) is 0.374. The van der Waals surface area contributed by atoms with Gasteiger partial charge in [-0.3, -0.25) is 4.79 Å². The molecule has 1 spiro atoms. The molecule has 24 heavy (non-hydrogen) atoms. The van der Waals surface area contributed by atoms with E-state index in [0.717, 1.165) is 38.4 Å². The van der Waals surface area contributed by atoms with Gasteiger partial charge in [-0.1, -0.05) is 0 Å². The summed E-state index contributed by atoms with van der Waals surface area (Å²) in [6.45, 7) is 2.39. The Morgan fingerprint density at radius 1 is 1.21 bits per heavy atom. The van der Waals surface area contributed by atoms with E-state index in [4.69, 9.17) is 9.47 Å². The molecule has 0 radical (unpaired) electrons. The Hall–Kier alpha value is -0.610. The van der Waals surface area contributed by atoms with Crippen molar-refractivity contribution >= 4 is 35.8 Å². The number of halogens is 1. The Morgan fingerprint density at radius 2 is 1.96 bits per heavy atom. The Kier molecular flexibility index (Phi) is 7.11. The lowest BCUT2D eigenvalue weighted by Gasteiger charge is -2.37. The molecular formula is C16H29IN4O3. The second-order valence-corrected chi connectivity index (χ2v) is 7.04. The van der Waals surface area contributed by atoms with E-state index in [1.54, 1.807) is 19.0 Å². The molecule has 1 saturated carbocycles. The molecule has 2 heterocycles. The van der Waals surface area contributed by atoms with Crippen molar-refractivity contribution in [1.29, 1.82) is 0 Å². The average molecular weight is 452 g/mol. The largest absolute Gasteiger partial charge is 0.378 e. The maximum Gasteiger partial charge on any atom is 0.243 e. The molecule has 2 unspecified atom stereocenters. The Bertz CT molecular complexity index is 462. The van der Waals surface area contributed by atoms with E-state index in [9.17, 15) is 4.79 Å². The molecule has 1 aliphatic carbocycles. The number of guanidine groups is 1. The van der Waals surface area contributed by atoms with Gasteiger partial charge in [-0.05, 0) is 25.7 Å². The highest BCUT2D eigenvalue weighted by Gasteiger charge is 2.41. The van der Waals surface area contributed by atoms with Gasteiger partial charge in [0, 0.05) is 45.8 Å². The fourth-order valence-corrected chi connectivity index (χ4v) is 3.05. The smallest absolute Gasteiger partial charge is 0.243 e. The molecule has 138 valence electrons. The number of nitrogens with zero attached hydrogens (tertiary/aromatic N) is 2. The average Bonchev–Trinajstić information content (AvgIpc) is 3.23. The maximum atomic E-state index is 11.8. The van der Waals surface area contributed by atoms with Crippen molar-refractivity contribution in [1.82, 2.24) is 15.5 Å². The van der Waals surface area contributed by atoms with Crippen molar-refractivity contribution in [2.45, 2.75) is 49.8 Å². The molecule has 2 atom stereocenters. The summed E-state index contributed by atoms with van der Waals surface area (Å²) in [6, 6.07) is 0.809. The lowest BCUT2D eigenvalue weighted by Crippen LogP contribution is -2.52. The van der Waals surface area contributed by atoms with Crippen LogP contribution in [0.2, 0.25) is 0 Å². The molecule has 3 fully saturated rings. The van der Waals surface area contributed by atoms with E-state index in [1.165, 1.54) is 12.8 Å². The molecule has 8 heteroatoms. The van der Waals surface area contributed by atoms with Crippen LogP contribution in [0.1, 0.15) is 32.1 Å². The molecule has 0 aromatic carbocycles. The van der Waals surface area contributed by atoms with Crippen LogP contribution < -0.4 is 10.6 Å². The molecule has 0 aromatic heterocycles. The summed E-state index contributed by atoms with van der Waals surface area (Å²) in [6.07, 6.45) is 5.20. The normalized spacial score (nSPS) is 29.9. The van der Waals surface area contributed by atoms with Gasteiger partial charge >= 0.3 is 0 Å². The predicted molar refractivity (Wildman–Crippen MR) is 103 cm³/mol. The van der Waals surface area contributed by atoms with E-state index >= 15 is 0 Å². The molecular weight excluding hydrogens is 423 g/mol. The molecule has 3 rings (SSSR count). The molecule has 2 saturated heterocycles. The highest BCUT2D eigenvalue weighted by atomic mass is 127. The van der Waals surface area contributed by atoms with E-state index < -0.39 is 0 Å². The molecule has 7 nitrogen and oxygen atoms in total. The monoisotopic (exact) mass is 452 g/mol. The van der Waals surface area contributed by atoms with Crippen molar-refractivity contribution < 1.29 is 14.3 Å². The lowest BCUT2D eigenvalue weighted by atomic mass is 9.90. The van der Waals surface area contributed by atoms with Crippen LogP contribution in [0, 0.1) is 0 Å². The van der Waals surface area contributed by atoms with E-state index in [0.29, 0.717) is 18.7 Å². The molecule has 3 aliphatic rings. The highest BCUT2D eigenvalue weighted by molar-refractivity contribution is 14.0. The number of rotatable bonds is 4. The number of ether oxygens (including phenoxy) is 2. The first-order valence-electron chi connectivity index (χ1n) is 8.56. The second kappa shape index (κ2) is 8.66. The maximum absolute atomic E-state index is 11.8. The predicted octanol–water partition coefficient (Wildman–Crippen LogP) is 0.728. The van der Waals surface area contributed by atoms with Gasteiger partial charge in [0.1, 0.15) is 6.54 Å². The highest BCUT2D eigenvalue weighted by Crippen LogP contribution is 2.32. The zero-order valence-corrected chi connectivity index (χ0v) is 16.9. The van der Waals surface area contributed by atoms with Gasteiger partial charge in [0.25, 0.3) is 0 Å². The van der Waals surface area contributed by atoms with Crippen molar-refractivity contribution in [3.8, 4) is 0 Å². The van der Waals surface area contributed by atoms with Crippen molar-refractivity contribution in [3.63, 3.8) is 0 Å². The minimum atomic E-state index is -0.125. The zero-order valence-electron chi connectivity index (χ0n) is 14.5. The fraction of sp³-hybridized carbons (Fsp3) is 0.875. The third-order valence-electron chi connectivity index (χ3n) is 4.69. The van der Waals surface area contributed by atoms with Gasteiger partial charge < -0.3 is 25.0 Å². The molecule has 2 N–H and O–H groups in total. The van der Waals surface area contributed by atoms with Gasteiger partial charge in [0.2, 0.25) is 5.91 Å². The molecule has 1 amide bonds. The first kappa shape index (κ1) is 19.7. The zero-order chi connectivity index (χ0) is 16.3. The Morgan fingerprint density at radius 3 is 2.58 bits per heavy atom. The third kappa shape index (κ3) is 5.45. The summed E-state index contributed by atoms with van der Waals surface area (Å²) in [5, 5.41) is 6.91. The van der Waals surface area contributed by atoms with Crippen LogP contribution in [0.4, 0.5) is 0 Å². The summed E-state index contributed by atoms with van der Waals surface area (Å²) in [5.74, 6) is 0.762. The van der Waals surface area contributed by atoms with Crippen molar-refractivity contribution in [2.24, 2.45) is 4.99 Å². The van der Waals surface area contributed by atoms with Crippen molar-refractivity contribution in [2.75, 3.05) is 40.5 Å². The summed E-state index contributed by atoms with van der Waals surface area (Å²) in [7, 11) is 3.50. The first-order chi connectivity index (χ1) is 11.1. The van der Waals surface area contributed by atoms with Crippen LogP contribution in [0.25, 0.3) is 0 Å². The van der Waals surface area contributed by atoms with Gasteiger partial charge in [-0.2, -0.15) is 0 Å². The number of carbonyl (C=O) groups is 1. The standard InChI is InChI=1S/C16H28N4O3.HI/c1-20(2)14(21)10-17-15(18-12-3-4-12)19-13-5-7-23-16(9-13)6-8-22-11-16;/h12-13H,3-11H2,1-2H3,(H2,17,18,19);1H. The van der Waals surface area contributed by atoms with E-state index in [1.807, 2.05) is 0 Å². The van der Waals surface area contributed by atoms with Crippen molar-refractivity contribution in [3.05, 3.63) is 0 Å². The number of amides is 1. The van der Waals surface area contributed by atoms with Crippen LogP contribution in [-0.4, -0.2) is 74.9 Å². The summed E-state index contributed by atoms with van der Waals surface area (Å²) >= 11 is 0. The van der Waals surface area contributed by atoms with Crippen LogP contribution in [0.5, 0.6) is 0 Å². The van der Waals surface area contributed by atoms with Gasteiger partial charge in [0.15, 0.2) is 5.96 Å². The number of hydrogen-bond acceptors (Lipinski definition) is 4. The SMILES string of the molecule is CN(C)C(=O)CN=C(NC1CC1)NC1CCOC2(CCOC2)C1.I. The van der Waals surface area contributed by atoms with Gasteiger partial charge in [-0.25, -0.2) is 4.99 Å². The van der Waals surface area contributed by atoms with Crippen LogP contribution in [-0.2, 0) is 14.3 Å². The van der Waals surface area contributed by atoms with Gasteiger partial charge in [0.05, 0.1) is 12.2 Å². The van der Waals surface area contributed by atoms with E-state index in [2.05, 4.69) is 15.6 Å². The molecule has 0 aromatic rings. The lowest BCUT2D eigenvalue weighted by molar-refractivity contribution is -0.127. The summed E-state index contributed by atoms with van der Waals surface area (Å²) < 4.78 is 11.5. The summed E-state index contributed by atoms with van der Waals surface area (Å²) in [5.41, 5.74) is -0.125. The van der Waals surface area contributed by atoms with Crippen LogP contribution in [0.3, 0.4) is 0 Å². The Labute approximate surface area is 160 Å². The van der Waals surface area contributed by atoms with Crippen LogP contribution >= 0.6 is 24.0 Å². The summed E-state index contributed by atoms with van der Waals surface area (Å²) in [4.78, 5) is 17.8. The minimum Gasteiger partial charge on any atom is -0.378 e. The molecule has 0 bridgehead atoms. The minimum absolute atomic E-state index is 0. The van der Waals surface area contributed by atoms with E-state index in [-0.39, 0.29) is 42.0 Å². The first-order valence-corrected chi connectivity index (χ1v) is 8.56. The number of aliphatic imine (C=N–C) groups is 1. The second-order valence-electron chi connectivity index (χ2n) is 7.04. The fourth-order valence-electron chi connectivity index (χ4n) is 3.05. The number of carbonyl (C=O) groups excluding carboxylic acids is 1. The van der Waals surface area contributed by atoms with Gasteiger partial charge in [-0.15, -0.1) is 24.0 Å². The Balaban J connectivity index is 0.00000208.